The highest BCUT2D eigenvalue weighted by atomic mass is 16.5. The van der Waals surface area contributed by atoms with Crippen molar-refractivity contribution >= 4 is 11.8 Å². The van der Waals surface area contributed by atoms with Crippen molar-refractivity contribution in [1.29, 1.82) is 0 Å². The molecule has 0 aromatic heterocycles. The van der Waals surface area contributed by atoms with Crippen LogP contribution in [-0.4, -0.2) is 0 Å². The largest absolute Gasteiger partial charge is 0.457 e. The quantitative estimate of drug-likeness (QED) is 0.627. The topological polar surface area (TPSA) is 21.3 Å². The summed E-state index contributed by atoms with van der Waals surface area (Å²) in [5.41, 5.74) is 3.38. The van der Waals surface area contributed by atoms with Crippen LogP contribution in [0.1, 0.15) is 11.1 Å². The van der Waals surface area contributed by atoms with E-state index in [9.17, 15) is 0 Å². The van der Waals surface area contributed by atoms with E-state index in [-0.39, 0.29) is 0 Å². The second kappa shape index (κ2) is 7.32. The van der Waals surface area contributed by atoms with Crippen LogP contribution in [0.2, 0.25) is 0 Å². The molecule has 0 saturated heterocycles. The maximum absolute atomic E-state index is 5.86. The Bertz CT molecular complexity index is 763. The lowest BCUT2D eigenvalue weighted by molar-refractivity contribution is 0.482. The molecule has 0 radical (unpaired) electrons. The molecule has 0 bridgehead atoms. The van der Waals surface area contributed by atoms with Crippen LogP contribution in [0.3, 0.4) is 0 Å². The summed E-state index contributed by atoms with van der Waals surface area (Å²) in [5, 5.41) is 3.41. The van der Waals surface area contributed by atoms with E-state index in [0.717, 1.165) is 29.3 Å². The van der Waals surface area contributed by atoms with Crippen molar-refractivity contribution in [1.82, 2.24) is 0 Å². The van der Waals surface area contributed by atoms with Crippen LogP contribution in [0, 0.1) is 0 Å². The molecule has 0 spiro atoms. The van der Waals surface area contributed by atoms with Crippen LogP contribution in [0.15, 0.2) is 85.4 Å². The van der Waals surface area contributed by atoms with Gasteiger partial charge in [-0.1, -0.05) is 55.1 Å². The van der Waals surface area contributed by atoms with E-state index in [0.29, 0.717) is 0 Å². The third-order valence-corrected chi connectivity index (χ3v) is 3.52. The summed E-state index contributed by atoms with van der Waals surface area (Å²) < 4.78 is 5.86. The molecule has 0 atom stereocenters. The number of rotatable bonds is 6. The Morgan fingerprint density at radius 2 is 1.57 bits per heavy atom. The highest BCUT2D eigenvalue weighted by Gasteiger charge is 1.99. The molecular weight excluding hydrogens is 282 g/mol. The van der Waals surface area contributed by atoms with Crippen LogP contribution in [0.5, 0.6) is 11.5 Å². The summed E-state index contributed by atoms with van der Waals surface area (Å²) in [5.74, 6) is 1.69. The first-order valence-corrected chi connectivity index (χ1v) is 7.62. The van der Waals surface area contributed by atoms with Crippen molar-refractivity contribution in [2.45, 2.75) is 6.54 Å². The highest BCUT2D eigenvalue weighted by Crippen LogP contribution is 2.22. The van der Waals surface area contributed by atoms with E-state index in [1.807, 2.05) is 60.7 Å². The zero-order chi connectivity index (χ0) is 15.9. The molecule has 0 aliphatic heterocycles. The molecule has 1 N–H and O–H groups in total. The number of hydrogen-bond donors (Lipinski definition) is 1. The van der Waals surface area contributed by atoms with Crippen LogP contribution in [-0.2, 0) is 6.54 Å². The number of ether oxygens (including phenoxy) is 1. The Kier molecular flexibility index (Phi) is 4.75. The molecule has 0 amide bonds. The first-order valence-electron chi connectivity index (χ1n) is 7.62. The molecule has 0 aliphatic rings. The molecule has 114 valence electrons. The van der Waals surface area contributed by atoms with Crippen molar-refractivity contribution in [3.05, 3.63) is 96.6 Å². The fraction of sp³-hybridized carbons (Fsp3) is 0.0476. The minimum absolute atomic E-state index is 0.749. The fourth-order valence-electron chi connectivity index (χ4n) is 2.28. The second-order valence-corrected chi connectivity index (χ2v) is 5.24. The molecule has 0 saturated carbocycles. The van der Waals surface area contributed by atoms with Gasteiger partial charge in [-0.25, -0.2) is 0 Å². The van der Waals surface area contributed by atoms with Gasteiger partial charge < -0.3 is 10.1 Å². The third-order valence-electron chi connectivity index (χ3n) is 3.52. The Balaban J connectivity index is 1.64. The van der Waals surface area contributed by atoms with Crippen molar-refractivity contribution in [3.63, 3.8) is 0 Å². The SMILES string of the molecule is C=Cc1ccc(NCc2cccc(Oc3ccccc3)c2)cc1. The summed E-state index contributed by atoms with van der Waals surface area (Å²) in [4.78, 5) is 0. The standard InChI is InChI=1S/C21H19NO/c1-2-17-11-13-19(14-12-17)22-16-18-7-6-10-21(15-18)23-20-8-4-3-5-9-20/h2-15,22H,1,16H2. The van der Waals surface area contributed by atoms with E-state index in [4.69, 9.17) is 4.74 Å². The predicted octanol–water partition coefficient (Wildman–Crippen LogP) is 5.73. The van der Waals surface area contributed by atoms with Crippen molar-refractivity contribution in [3.8, 4) is 11.5 Å². The summed E-state index contributed by atoms with van der Waals surface area (Å²) in [7, 11) is 0. The van der Waals surface area contributed by atoms with Gasteiger partial charge in [-0.2, -0.15) is 0 Å². The Hall–Kier alpha value is -3.00. The molecule has 3 aromatic carbocycles. The van der Waals surface area contributed by atoms with Crippen LogP contribution in [0.25, 0.3) is 6.08 Å². The maximum atomic E-state index is 5.86. The van der Waals surface area contributed by atoms with E-state index >= 15 is 0 Å². The van der Waals surface area contributed by atoms with Gasteiger partial charge in [-0.3, -0.25) is 0 Å². The molecule has 0 unspecified atom stereocenters. The summed E-state index contributed by atoms with van der Waals surface area (Å²) in [6, 6.07) is 26.1. The Labute approximate surface area is 137 Å². The van der Waals surface area contributed by atoms with Crippen LogP contribution < -0.4 is 10.1 Å². The van der Waals surface area contributed by atoms with E-state index in [1.165, 1.54) is 5.56 Å². The predicted molar refractivity (Wildman–Crippen MR) is 96.8 cm³/mol. The zero-order valence-electron chi connectivity index (χ0n) is 12.9. The molecule has 3 rings (SSSR count). The third kappa shape index (κ3) is 4.24. The van der Waals surface area contributed by atoms with Gasteiger partial charge in [0.2, 0.25) is 0 Å². The number of para-hydroxylation sites is 1. The van der Waals surface area contributed by atoms with Gasteiger partial charge in [0.05, 0.1) is 0 Å². The average molecular weight is 301 g/mol. The van der Waals surface area contributed by atoms with Gasteiger partial charge in [0, 0.05) is 12.2 Å². The van der Waals surface area contributed by atoms with Gasteiger partial charge in [-0.15, -0.1) is 0 Å². The molecule has 2 nitrogen and oxygen atoms in total. The second-order valence-electron chi connectivity index (χ2n) is 5.24. The molecule has 0 aliphatic carbocycles. The van der Waals surface area contributed by atoms with Crippen molar-refractivity contribution in [2.75, 3.05) is 5.32 Å². The first-order chi connectivity index (χ1) is 11.3. The van der Waals surface area contributed by atoms with Crippen molar-refractivity contribution in [2.24, 2.45) is 0 Å². The lowest BCUT2D eigenvalue weighted by atomic mass is 10.2. The number of benzene rings is 3. The fourth-order valence-corrected chi connectivity index (χ4v) is 2.28. The maximum Gasteiger partial charge on any atom is 0.127 e. The first kappa shape index (κ1) is 14.9. The van der Waals surface area contributed by atoms with Gasteiger partial charge in [0.1, 0.15) is 11.5 Å². The zero-order valence-corrected chi connectivity index (χ0v) is 12.9. The van der Waals surface area contributed by atoms with Crippen LogP contribution >= 0.6 is 0 Å². The smallest absolute Gasteiger partial charge is 0.127 e. The minimum atomic E-state index is 0.749. The van der Waals surface area contributed by atoms with E-state index in [2.05, 4.69) is 36.2 Å². The van der Waals surface area contributed by atoms with E-state index < -0.39 is 0 Å². The molecule has 3 aromatic rings. The minimum Gasteiger partial charge on any atom is -0.457 e. The normalized spacial score (nSPS) is 10.1. The lowest BCUT2D eigenvalue weighted by Gasteiger charge is -2.09. The summed E-state index contributed by atoms with van der Waals surface area (Å²) in [6.45, 7) is 4.51. The van der Waals surface area contributed by atoms with Gasteiger partial charge in [-0.05, 0) is 47.5 Å². The molecular formula is C21H19NO. The molecule has 0 heterocycles. The monoisotopic (exact) mass is 301 g/mol. The summed E-state index contributed by atoms with van der Waals surface area (Å²) >= 11 is 0. The van der Waals surface area contributed by atoms with Gasteiger partial charge in [0.25, 0.3) is 0 Å². The van der Waals surface area contributed by atoms with Gasteiger partial charge in [0.15, 0.2) is 0 Å². The van der Waals surface area contributed by atoms with Gasteiger partial charge >= 0.3 is 0 Å². The van der Waals surface area contributed by atoms with Crippen molar-refractivity contribution < 1.29 is 4.74 Å². The Morgan fingerprint density at radius 1 is 0.826 bits per heavy atom. The Morgan fingerprint density at radius 3 is 2.30 bits per heavy atom. The average Bonchev–Trinajstić information content (AvgIpc) is 2.62. The molecule has 0 fully saturated rings. The molecule has 2 heteroatoms. The highest BCUT2D eigenvalue weighted by molar-refractivity contribution is 5.53. The number of hydrogen-bond acceptors (Lipinski definition) is 2. The number of anilines is 1. The van der Waals surface area contributed by atoms with E-state index in [1.54, 1.807) is 0 Å². The number of nitrogens with one attached hydrogen (secondary N) is 1. The molecule has 23 heavy (non-hydrogen) atoms. The summed E-state index contributed by atoms with van der Waals surface area (Å²) in [6.07, 6.45) is 1.84. The lowest BCUT2D eigenvalue weighted by Crippen LogP contribution is -1.99. The van der Waals surface area contributed by atoms with Crippen LogP contribution in [0.4, 0.5) is 5.69 Å².